The molecule has 0 fully saturated rings. The van der Waals surface area contributed by atoms with E-state index in [1.165, 1.54) is 0 Å². The molecular formula is C20H23NO4. The highest BCUT2D eigenvalue weighted by atomic mass is 16.5. The molecule has 0 saturated carbocycles. The number of hydrogen-bond acceptors (Lipinski definition) is 3. The van der Waals surface area contributed by atoms with Crippen molar-refractivity contribution in [2.45, 2.75) is 32.2 Å². The molecule has 0 spiro atoms. The van der Waals surface area contributed by atoms with Crippen LogP contribution in [-0.4, -0.2) is 29.6 Å². The number of aliphatic carboxylic acids is 1. The third kappa shape index (κ3) is 5.95. The fourth-order valence-electron chi connectivity index (χ4n) is 2.32. The second-order valence-corrected chi connectivity index (χ2v) is 5.78. The molecule has 0 aliphatic heterocycles. The zero-order valence-corrected chi connectivity index (χ0v) is 14.3. The van der Waals surface area contributed by atoms with Gasteiger partial charge >= 0.3 is 5.97 Å². The van der Waals surface area contributed by atoms with Gasteiger partial charge in [-0.1, -0.05) is 43.7 Å². The highest BCUT2D eigenvalue weighted by molar-refractivity contribution is 5.96. The zero-order chi connectivity index (χ0) is 18.1. The Labute approximate surface area is 147 Å². The van der Waals surface area contributed by atoms with Gasteiger partial charge in [0, 0.05) is 12.0 Å². The SMILES string of the molecule is CCCCOc1ccc(CC(NC(=O)c2ccccc2)C(=O)O)cc1. The Morgan fingerprint density at radius 1 is 1.08 bits per heavy atom. The molecule has 0 radical (unpaired) electrons. The Balaban J connectivity index is 1.97. The molecule has 0 aliphatic rings. The Morgan fingerprint density at radius 3 is 2.36 bits per heavy atom. The molecule has 2 aromatic rings. The first-order valence-corrected chi connectivity index (χ1v) is 8.40. The van der Waals surface area contributed by atoms with Crippen molar-refractivity contribution >= 4 is 11.9 Å². The Kier molecular flexibility index (Phi) is 7.01. The number of hydrogen-bond donors (Lipinski definition) is 2. The topological polar surface area (TPSA) is 75.6 Å². The largest absolute Gasteiger partial charge is 0.494 e. The van der Waals surface area contributed by atoms with Gasteiger partial charge < -0.3 is 15.2 Å². The fraction of sp³-hybridized carbons (Fsp3) is 0.300. The normalized spacial score (nSPS) is 11.6. The summed E-state index contributed by atoms with van der Waals surface area (Å²) in [5.74, 6) is -0.697. The molecule has 5 heteroatoms. The van der Waals surface area contributed by atoms with Gasteiger partial charge in [-0.2, -0.15) is 0 Å². The van der Waals surface area contributed by atoms with Crippen molar-refractivity contribution in [2.24, 2.45) is 0 Å². The summed E-state index contributed by atoms with van der Waals surface area (Å²) in [5, 5.41) is 12.0. The van der Waals surface area contributed by atoms with E-state index in [9.17, 15) is 14.7 Å². The van der Waals surface area contributed by atoms with Crippen LogP contribution in [0.3, 0.4) is 0 Å². The molecule has 0 saturated heterocycles. The summed E-state index contributed by atoms with van der Waals surface area (Å²) in [5.41, 5.74) is 1.26. The van der Waals surface area contributed by atoms with Crippen LogP contribution in [0.25, 0.3) is 0 Å². The predicted octanol–water partition coefficient (Wildman–Crippen LogP) is 3.29. The standard InChI is InChI=1S/C20H23NO4/c1-2-3-13-25-17-11-9-15(10-12-17)14-18(20(23)24)21-19(22)16-7-5-4-6-8-16/h4-12,18H,2-3,13-14H2,1H3,(H,21,22)(H,23,24). The number of benzene rings is 2. The van der Waals surface area contributed by atoms with E-state index in [-0.39, 0.29) is 6.42 Å². The summed E-state index contributed by atoms with van der Waals surface area (Å²) in [6.07, 6.45) is 2.27. The summed E-state index contributed by atoms with van der Waals surface area (Å²) in [6, 6.07) is 14.9. The van der Waals surface area contributed by atoms with E-state index in [1.54, 1.807) is 30.3 Å². The number of rotatable bonds is 9. The van der Waals surface area contributed by atoms with E-state index < -0.39 is 17.9 Å². The maximum Gasteiger partial charge on any atom is 0.326 e. The molecule has 0 bridgehead atoms. The molecule has 2 aromatic carbocycles. The minimum absolute atomic E-state index is 0.211. The summed E-state index contributed by atoms with van der Waals surface area (Å²) < 4.78 is 5.59. The van der Waals surface area contributed by atoms with Gasteiger partial charge in [0.05, 0.1) is 6.61 Å². The molecule has 1 unspecified atom stereocenters. The van der Waals surface area contributed by atoms with E-state index >= 15 is 0 Å². The van der Waals surface area contributed by atoms with Crippen LogP contribution < -0.4 is 10.1 Å². The minimum atomic E-state index is -1.06. The molecule has 25 heavy (non-hydrogen) atoms. The first-order chi connectivity index (χ1) is 12.1. The second-order valence-electron chi connectivity index (χ2n) is 5.78. The Morgan fingerprint density at radius 2 is 1.76 bits per heavy atom. The number of amides is 1. The maximum atomic E-state index is 12.2. The number of carboxylic acid groups (broad SMARTS) is 1. The van der Waals surface area contributed by atoms with E-state index in [0.717, 1.165) is 24.2 Å². The van der Waals surface area contributed by atoms with E-state index in [0.29, 0.717) is 12.2 Å². The molecule has 0 heterocycles. The predicted molar refractivity (Wildman–Crippen MR) is 95.9 cm³/mol. The van der Waals surface area contributed by atoms with Crippen LogP contribution in [-0.2, 0) is 11.2 Å². The van der Waals surface area contributed by atoms with E-state index in [2.05, 4.69) is 12.2 Å². The van der Waals surface area contributed by atoms with Crippen LogP contribution in [0.2, 0.25) is 0 Å². The molecule has 0 aromatic heterocycles. The second kappa shape index (κ2) is 9.47. The molecule has 2 rings (SSSR count). The number of unbranched alkanes of at least 4 members (excludes halogenated alkanes) is 1. The summed E-state index contributed by atoms with van der Waals surface area (Å²) in [4.78, 5) is 23.6. The van der Waals surface area contributed by atoms with Crippen LogP contribution >= 0.6 is 0 Å². The lowest BCUT2D eigenvalue weighted by atomic mass is 10.1. The lowest BCUT2D eigenvalue weighted by Gasteiger charge is -2.15. The Bertz CT molecular complexity index is 683. The summed E-state index contributed by atoms with van der Waals surface area (Å²) in [7, 11) is 0. The molecule has 1 amide bonds. The van der Waals surface area contributed by atoms with Gasteiger partial charge in [-0.05, 0) is 36.2 Å². The fourth-order valence-corrected chi connectivity index (χ4v) is 2.32. The van der Waals surface area contributed by atoms with Crippen LogP contribution in [0, 0.1) is 0 Å². The number of carboxylic acids is 1. The molecule has 2 N–H and O–H groups in total. The van der Waals surface area contributed by atoms with Crippen molar-refractivity contribution in [3.05, 3.63) is 65.7 Å². The smallest absolute Gasteiger partial charge is 0.326 e. The lowest BCUT2D eigenvalue weighted by Crippen LogP contribution is -2.42. The quantitative estimate of drug-likeness (QED) is 0.686. The Hall–Kier alpha value is -2.82. The van der Waals surface area contributed by atoms with Crippen molar-refractivity contribution < 1.29 is 19.4 Å². The molecule has 5 nitrogen and oxygen atoms in total. The van der Waals surface area contributed by atoms with Crippen LogP contribution in [0.5, 0.6) is 5.75 Å². The number of carbonyl (C=O) groups is 2. The van der Waals surface area contributed by atoms with Gasteiger partial charge in [-0.3, -0.25) is 4.79 Å². The van der Waals surface area contributed by atoms with Crippen molar-refractivity contribution in [3.63, 3.8) is 0 Å². The van der Waals surface area contributed by atoms with Gasteiger partial charge in [0.2, 0.25) is 0 Å². The van der Waals surface area contributed by atoms with Gasteiger partial charge in [-0.25, -0.2) is 4.79 Å². The first-order valence-electron chi connectivity index (χ1n) is 8.40. The van der Waals surface area contributed by atoms with Gasteiger partial charge in [0.15, 0.2) is 0 Å². The average Bonchev–Trinajstić information content (AvgIpc) is 2.63. The minimum Gasteiger partial charge on any atom is -0.494 e. The van der Waals surface area contributed by atoms with Crippen molar-refractivity contribution in [2.75, 3.05) is 6.61 Å². The van der Waals surface area contributed by atoms with Gasteiger partial charge in [0.1, 0.15) is 11.8 Å². The van der Waals surface area contributed by atoms with Crippen molar-refractivity contribution in [1.29, 1.82) is 0 Å². The molecular weight excluding hydrogens is 318 g/mol. The number of carbonyl (C=O) groups excluding carboxylic acids is 1. The third-order valence-electron chi connectivity index (χ3n) is 3.77. The van der Waals surface area contributed by atoms with Crippen LogP contribution in [0.4, 0.5) is 0 Å². The molecule has 132 valence electrons. The monoisotopic (exact) mass is 341 g/mol. The summed E-state index contributed by atoms with van der Waals surface area (Å²) in [6.45, 7) is 2.77. The third-order valence-corrected chi connectivity index (χ3v) is 3.77. The summed E-state index contributed by atoms with van der Waals surface area (Å²) >= 11 is 0. The number of nitrogens with one attached hydrogen (secondary N) is 1. The van der Waals surface area contributed by atoms with E-state index in [4.69, 9.17) is 4.74 Å². The zero-order valence-electron chi connectivity index (χ0n) is 14.3. The lowest BCUT2D eigenvalue weighted by molar-refractivity contribution is -0.139. The average molecular weight is 341 g/mol. The van der Waals surface area contributed by atoms with Gasteiger partial charge in [-0.15, -0.1) is 0 Å². The van der Waals surface area contributed by atoms with Crippen LogP contribution in [0.1, 0.15) is 35.7 Å². The van der Waals surface area contributed by atoms with E-state index in [1.807, 2.05) is 24.3 Å². The van der Waals surface area contributed by atoms with Gasteiger partial charge in [0.25, 0.3) is 5.91 Å². The molecule has 0 aliphatic carbocycles. The van der Waals surface area contributed by atoms with Crippen molar-refractivity contribution in [3.8, 4) is 5.75 Å². The highest BCUT2D eigenvalue weighted by Crippen LogP contribution is 2.14. The molecule has 1 atom stereocenters. The maximum absolute atomic E-state index is 12.2. The highest BCUT2D eigenvalue weighted by Gasteiger charge is 2.21. The first kappa shape index (κ1) is 18.5. The number of ether oxygens (including phenoxy) is 1. The van der Waals surface area contributed by atoms with Crippen molar-refractivity contribution in [1.82, 2.24) is 5.32 Å². The van der Waals surface area contributed by atoms with Crippen LogP contribution in [0.15, 0.2) is 54.6 Å².